The van der Waals surface area contributed by atoms with Gasteiger partial charge >= 0.3 is 0 Å². The molecule has 7 nitrogen and oxygen atoms in total. The highest BCUT2D eigenvalue weighted by Crippen LogP contribution is 2.41. The number of aromatic nitrogens is 6. The van der Waals surface area contributed by atoms with Crippen molar-refractivity contribution in [3.63, 3.8) is 0 Å². The summed E-state index contributed by atoms with van der Waals surface area (Å²) < 4.78 is 0. The first-order chi connectivity index (χ1) is 12.8. The average Bonchev–Trinajstić information content (AvgIpc) is 3.48. The van der Waals surface area contributed by atoms with Crippen LogP contribution in [0.2, 0.25) is 0 Å². The lowest BCUT2D eigenvalue weighted by Gasteiger charge is -2.31. The zero-order valence-corrected chi connectivity index (χ0v) is 14.0. The number of rotatable bonds is 4. The molecule has 3 heterocycles. The average molecular weight is 344 g/mol. The summed E-state index contributed by atoms with van der Waals surface area (Å²) in [5.41, 5.74) is 3.51. The van der Waals surface area contributed by atoms with E-state index in [0.29, 0.717) is 12.1 Å². The SMILES string of the molecule is O=C(c1n[nH]c2c1C=CC(c1ccncn1)(c1ccncn1)C2)C1CC1. The zero-order chi connectivity index (χ0) is 17.6. The molecule has 0 atom stereocenters. The monoisotopic (exact) mass is 344 g/mol. The lowest BCUT2D eigenvalue weighted by atomic mass is 9.72. The summed E-state index contributed by atoms with van der Waals surface area (Å²) in [6.07, 6.45) is 13.1. The topological polar surface area (TPSA) is 97.3 Å². The van der Waals surface area contributed by atoms with Crippen LogP contribution in [-0.2, 0) is 11.8 Å². The number of ketones is 1. The van der Waals surface area contributed by atoms with Gasteiger partial charge in [0.15, 0.2) is 5.78 Å². The molecule has 2 aliphatic carbocycles. The fourth-order valence-corrected chi connectivity index (χ4v) is 3.58. The van der Waals surface area contributed by atoms with Gasteiger partial charge in [-0.3, -0.25) is 9.89 Å². The van der Waals surface area contributed by atoms with Crippen LogP contribution in [0.4, 0.5) is 0 Å². The first-order valence-electron chi connectivity index (χ1n) is 8.61. The molecule has 1 fully saturated rings. The Balaban J connectivity index is 1.63. The molecular formula is C19H16N6O. The molecule has 7 heteroatoms. The van der Waals surface area contributed by atoms with Crippen LogP contribution in [0.1, 0.15) is 46.0 Å². The van der Waals surface area contributed by atoms with Crippen molar-refractivity contribution < 1.29 is 4.79 Å². The Morgan fingerprint density at radius 2 is 1.77 bits per heavy atom. The van der Waals surface area contributed by atoms with Crippen molar-refractivity contribution >= 4 is 11.9 Å². The van der Waals surface area contributed by atoms with E-state index in [1.54, 1.807) is 12.4 Å². The van der Waals surface area contributed by atoms with E-state index < -0.39 is 5.41 Å². The summed E-state index contributed by atoms with van der Waals surface area (Å²) in [5.74, 6) is 0.287. The van der Waals surface area contributed by atoms with Gasteiger partial charge in [0.25, 0.3) is 0 Å². The summed E-state index contributed by atoms with van der Waals surface area (Å²) in [7, 11) is 0. The van der Waals surface area contributed by atoms with Gasteiger partial charge in [-0.15, -0.1) is 0 Å². The number of aromatic amines is 1. The highest BCUT2D eigenvalue weighted by atomic mass is 16.1. The van der Waals surface area contributed by atoms with Crippen molar-refractivity contribution in [2.45, 2.75) is 24.7 Å². The maximum atomic E-state index is 12.5. The van der Waals surface area contributed by atoms with E-state index in [0.717, 1.165) is 35.5 Å². The fourth-order valence-electron chi connectivity index (χ4n) is 3.58. The van der Waals surface area contributed by atoms with Gasteiger partial charge in [-0.05, 0) is 25.0 Å². The molecule has 0 radical (unpaired) electrons. The van der Waals surface area contributed by atoms with Crippen molar-refractivity contribution in [1.29, 1.82) is 0 Å². The van der Waals surface area contributed by atoms with E-state index in [4.69, 9.17) is 0 Å². The van der Waals surface area contributed by atoms with Crippen molar-refractivity contribution in [2.75, 3.05) is 0 Å². The second-order valence-electron chi connectivity index (χ2n) is 6.77. The van der Waals surface area contributed by atoms with Gasteiger partial charge in [0, 0.05) is 36.0 Å². The number of carbonyl (C=O) groups excluding carboxylic acids is 1. The second kappa shape index (κ2) is 5.66. The Hall–Kier alpha value is -3.22. The van der Waals surface area contributed by atoms with E-state index in [2.05, 4.69) is 36.2 Å². The van der Waals surface area contributed by atoms with Crippen LogP contribution in [0.5, 0.6) is 0 Å². The summed E-state index contributed by atoms with van der Waals surface area (Å²) in [5, 5.41) is 7.40. The molecule has 26 heavy (non-hydrogen) atoms. The largest absolute Gasteiger partial charge is 0.292 e. The van der Waals surface area contributed by atoms with Crippen LogP contribution >= 0.6 is 0 Å². The minimum Gasteiger partial charge on any atom is -0.292 e. The Bertz CT molecular complexity index is 952. The molecular weight excluding hydrogens is 328 g/mol. The number of Topliss-reactive ketones (excluding diaryl/α,β-unsaturated/α-hetero) is 1. The quantitative estimate of drug-likeness (QED) is 0.728. The first kappa shape index (κ1) is 15.1. The molecule has 128 valence electrons. The van der Waals surface area contributed by atoms with Crippen LogP contribution in [0.15, 0.2) is 43.3 Å². The standard InChI is InChI=1S/C19H16N6O/c26-18(12-1-2-12)17-13-3-6-19(9-14(13)24-25-17,15-4-7-20-10-22-15)16-5-8-21-11-23-16/h3-8,10-12H,1-2,9H2,(H,24,25). The summed E-state index contributed by atoms with van der Waals surface area (Å²) in [6, 6.07) is 3.79. The predicted octanol–water partition coefficient (Wildman–Crippen LogP) is 2.14. The number of nitrogens with zero attached hydrogens (tertiary/aromatic N) is 5. The molecule has 0 spiro atoms. The van der Waals surface area contributed by atoms with E-state index in [-0.39, 0.29) is 11.7 Å². The van der Waals surface area contributed by atoms with Gasteiger partial charge in [-0.1, -0.05) is 12.2 Å². The van der Waals surface area contributed by atoms with Gasteiger partial charge in [0.05, 0.1) is 16.8 Å². The van der Waals surface area contributed by atoms with Crippen LogP contribution in [0, 0.1) is 5.92 Å². The Labute approximate surface area is 149 Å². The van der Waals surface area contributed by atoms with Gasteiger partial charge in [-0.25, -0.2) is 19.9 Å². The smallest absolute Gasteiger partial charge is 0.186 e. The second-order valence-corrected chi connectivity index (χ2v) is 6.77. The molecule has 0 bridgehead atoms. The van der Waals surface area contributed by atoms with Crippen LogP contribution in [-0.4, -0.2) is 35.9 Å². The number of allylic oxidation sites excluding steroid dienone is 1. The Morgan fingerprint density at radius 1 is 1.08 bits per heavy atom. The van der Waals surface area contributed by atoms with Crippen LogP contribution in [0.25, 0.3) is 6.08 Å². The lowest BCUT2D eigenvalue weighted by Crippen LogP contribution is -2.32. The number of nitrogens with one attached hydrogen (secondary N) is 1. The molecule has 3 aromatic rings. The first-order valence-corrected chi connectivity index (χ1v) is 8.61. The Morgan fingerprint density at radius 3 is 2.35 bits per heavy atom. The Kier molecular flexibility index (Phi) is 3.28. The van der Waals surface area contributed by atoms with Crippen molar-refractivity contribution in [2.24, 2.45) is 5.92 Å². The minimum absolute atomic E-state index is 0.142. The molecule has 2 aliphatic rings. The molecule has 1 saturated carbocycles. The van der Waals surface area contributed by atoms with Crippen molar-refractivity contribution in [1.82, 2.24) is 30.1 Å². The summed E-state index contributed by atoms with van der Waals surface area (Å²) >= 11 is 0. The number of carbonyl (C=O) groups is 1. The normalized spacial score (nSPS) is 17.7. The summed E-state index contributed by atoms with van der Waals surface area (Å²) in [6.45, 7) is 0. The number of H-pyrrole nitrogens is 1. The van der Waals surface area contributed by atoms with Gasteiger partial charge in [-0.2, -0.15) is 5.10 Å². The molecule has 5 rings (SSSR count). The molecule has 1 N–H and O–H groups in total. The maximum Gasteiger partial charge on any atom is 0.186 e. The molecule has 0 unspecified atom stereocenters. The number of hydrogen-bond donors (Lipinski definition) is 1. The molecule has 3 aromatic heterocycles. The third kappa shape index (κ3) is 2.28. The van der Waals surface area contributed by atoms with Crippen molar-refractivity contribution in [3.8, 4) is 0 Å². The van der Waals surface area contributed by atoms with E-state index >= 15 is 0 Å². The number of fused-ring (bicyclic) bond motifs is 1. The summed E-state index contributed by atoms with van der Waals surface area (Å²) in [4.78, 5) is 29.5. The number of hydrogen-bond acceptors (Lipinski definition) is 6. The zero-order valence-electron chi connectivity index (χ0n) is 14.0. The van der Waals surface area contributed by atoms with Gasteiger partial charge in [0.1, 0.15) is 18.3 Å². The fraction of sp³-hybridized carbons (Fsp3) is 0.263. The molecule has 0 saturated heterocycles. The minimum atomic E-state index is -0.550. The van der Waals surface area contributed by atoms with Crippen LogP contribution < -0.4 is 0 Å². The maximum absolute atomic E-state index is 12.5. The van der Waals surface area contributed by atoms with E-state index in [1.165, 1.54) is 12.7 Å². The predicted molar refractivity (Wildman–Crippen MR) is 93.2 cm³/mol. The van der Waals surface area contributed by atoms with Gasteiger partial charge in [0.2, 0.25) is 0 Å². The van der Waals surface area contributed by atoms with E-state index in [9.17, 15) is 4.79 Å². The molecule has 0 aromatic carbocycles. The third-order valence-corrected chi connectivity index (χ3v) is 5.13. The molecule has 0 amide bonds. The highest BCUT2D eigenvalue weighted by Gasteiger charge is 2.41. The highest BCUT2D eigenvalue weighted by molar-refractivity contribution is 6.01. The van der Waals surface area contributed by atoms with Crippen LogP contribution in [0.3, 0.4) is 0 Å². The molecule has 0 aliphatic heterocycles. The van der Waals surface area contributed by atoms with Crippen molar-refractivity contribution in [3.05, 3.63) is 71.6 Å². The van der Waals surface area contributed by atoms with Gasteiger partial charge < -0.3 is 0 Å². The third-order valence-electron chi connectivity index (χ3n) is 5.13. The lowest BCUT2D eigenvalue weighted by molar-refractivity contribution is 0.0962. The van der Waals surface area contributed by atoms with E-state index in [1.807, 2.05) is 18.2 Å².